The number of para-hydroxylation sites is 1. The van der Waals surface area contributed by atoms with Gasteiger partial charge in [-0.05, 0) is 34.5 Å². The van der Waals surface area contributed by atoms with Gasteiger partial charge in [0.25, 0.3) is 11.7 Å². The molecule has 1 atom stereocenters. The monoisotopic (exact) mass is 418 g/mol. The molecular weight excluding hydrogens is 400 g/mol. The van der Waals surface area contributed by atoms with Crippen molar-refractivity contribution in [3.63, 3.8) is 0 Å². The number of pyridine rings is 1. The first kappa shape index (κ1) is 20.0. The summed E-state index contributed by atoms with van der Waals surface area (Å²) in [5, 5.41) is 13.9. The summed E-state index contributed by atoms with van der Waals surface area (Å²) in [7, 11) is 0. The third kappa shape index (κ3) is 4.06. The second kappa shape index (κ2) is 8.23. The number of ether oxygens (including phenoxy) is 1. The molecule has 9 nitrogen and oxygen atoms in total. The number of aromatic nitrogens is 1. The standard InChI is InChI=1S/C22H18N4O5/c1-14-7-5-6-10-16(14)23-19(27)13-25-21-17(11-12-18(24-21)26(29)30)31-20(22(25)28)15-8-3-2-4-9-15/h2-12,20H,13H2,1H3,(H,23,27). The highest BCUT2D eigenvalue weighted by molar-refractivity contribution is 6.06. The van der Waals surface area contributed by atoms with E-state index >= 15 is 0 Å². The zero-order valence-corrected chi connectivity index (χ0v) is 16.5. The Morgan fingerprint density at radius 1 is 1.13 bits per heavy atom. The second-order valence-corrected chi connectivity index (χ2v) is 6.94. The largest absolute Gasteiger partial charge is 0.469 e. The molecule has 1 aliphatic rings. The Balaban J connectivity index is 1.68. The van der Waals surface area contributed by atoms with Crippen molar-refractivity contribution in [1.29, 1.82) is 0 Å². The zero-order chi connectivity index (χ0) is 22.0. The van der Waals surface area contributed by atoms with Crippen LogP contribution < -0.4 is 15.0 Å². The topological polar surface area (TPSA) is 115 Å². The quantitative estimate of drug-likeness (QED) is 0.502. The molecule has 0 saturated carbocycles. The Morgan fingerprint density at radius 3 is 2.55 bits per heavy atom. The van der Waals surface area contributed by atoms with Crippen LogP contribution in [0.15, 0.2) is 66.7 Å². The summed E-state index contributed by atoms with van der Waals surface area (Å²) in [6, 6.07) is 18.6. The Bertz CT molecular complexity index is 1170. The van der Waals surface area contributed by atoms with Gasteiger partial charge in [-0.1, -0.05) is 48.5 Å². The van der Waals surface area contributed by atoms with Gasteiger partial charge in [0.15, 0.2) is 5.75 Å². The number of nitro groups is 1. The maximum absolute atomic E-state index is 13.2. The molecule has 0 bridgehead atoms. The number of rotatable bonds is 5. The van der Waals surface area contributed by atoms with Gasteiger partial charge < -0.3 is 20.2 Å². The Labute approximate surface area is 177 Å². The predicted octanol–water partition coefficient (Wildman–Crippen LogP) is 3.40. The molecule has 1 aromatic heterocycles. The summed E-state index contributed by atoms with van der Waals surface area (Å²) in [5.74, 6) is -1.33. The molecule has 4 rings (SSSR count). The number of nitrogens with one attached hydrogen (secondary N) is 1. The smallest absolute Gasteiger partial charge is 0.366 e. The van der Waals surface area contributed by atoms with Crippen molar-refractivity contribution in [2.45, 2.75) is 13.0 Å². The molecule has 31 heavy (non-hydrogen) atoms. The van der Waals surface area contributed by atoms with Gasteiger partial charge in [0, 0.05) is 17.3 Å². The molecule has 1 unspecified atom stereocenters. The summed E-state index contributed by atoms with van der Waals surface area (Å²) in [6.45, 7) is 1.47. The average molecular weight is 418 g/mol. The number of amides is 2. The predicted molar refractivity (Wildman–Crippen MR) is 113 cm³/mol. The zero-order valence-electron chi connectivity index (χ0n) is 16.5. The Hall–Kier alpha value is -4.27. The molecule has 0 saturated heterocycles. The first-order chi connectivity index (χ1) is 14.9. The molecule has 156 valence electrons. The normalized spacial score (nSPS) is 15.1. The summed E-state index contributed by atoms with van der Waals surface area (Å²) in [5.41, 5.74) is 2.07. The number of hydrogen-bond acceptors (Lipinski definition) is 6. The molecule has 2 aromatic carbocycles. The minimum atomic E-state index is -0.997. The molecule has 1 N–H and O–H groups in total. The van der Waals surface area contributed by atoms with E-state index in [0.29, 0.717) is 11.3 Å². The van der Waals surface area contributed by atoms with E-state index in [4.69, 9.17) is 4.74 Å². The van der Waals surface area contributed by atoms with Crippen molar-refractivity contribution in [2.75, 3.05) is 16.8 Å². The van der Waals surface area contributed by atoms with Crippen LogP contribution in [0.1, 0.15) is 17.2 Å². The average Bonchev–Trinajstić information content (AvgIpc) is 2.77. The molecule has 1 aliphatic heterocycles. The maximum Gasteiger partial charge on any atom is 0.366 e. The SMILES string of the molecule is Cc1ccccc1NC(=O)CN1C(=O)C(c2ccccc2)Oc2ccc([N+](=O)[O-])nc21. The summed E-state index contributed by atoms with van der Waals surface area (Å²) >= 11 is 0. The lowest BCUT2D eigenvalue weighted by atomic mass is 10.1. The molecule has 9 heteroatoms. The lowest BCUT2D eigenvalue weighted by molar-refractivity contribution is -0.389. The number of aryl methyl sites for hydroxylation is 1. The van der Waals surface area contributed by atoms with Crippen molar-refractivity contribution in [3.05, 3.63) is 88.0 Å². The van der Waals surface area contributed by atoms with E-state index in [1.807, 2.05) is 25.1 Å². The molecule has 0 spiro atoms. The van der Waals surface area contributed by atoms with Crippen molar-refractivity contribution in [3.8, 4) is 5.75 Å². The van der Waals surface area contributed by atoms with Crippen LogP contribution in [0.4, 0.5) is 17.3 Å². The van der Waals surface area contributed by atoms with Gasteiger partial charge in [-0.3, -0.25) is 14.5 Å². The fraction of sp³-hybridized carbons (Fsp3) is 0.136. The molecular formula is C22H18N4O5. The van der Waals surface area contributed by atoms with Gasteiger partial charge in [0.05, 0.1) is 0 Å². The van der Waals surface area contributed by atoms with Gasteiger partial charge in [0.2, 0.25) is 12.0 Å². The number of benzene rings is 2. The maximum atomic E-state index is 13.2. The number of fused-ring (bicyclic) bond motifs is 1. The molecule has 2 heterocycles. The Morgan fingerprint density at radius 2 is 1.84 bits per heavy atom. The van der Waals surface area contributed by atoms with E-state index in [1.165, 1.54) is 12.1 Å². The number of carbonyl (C=O) groups is 2. The molecule has 0 aliphatic carbocycles. The highest BCUT2D eigenvalue weighted by Crippen LogP contribution is 2.38. The van der Waals surface area contributed by atoms with Crippen LogP contribution in [0.3, 0.4) is 0 Å². The van der Waals surface area contributed by atoms with Gasteiger partial charge in [-0.15, -0.1) is 0 Å². The van der Waals surface area contributed by atoms with Crippen LogP contribution in [0.25, 0.3) is 0 Å². The molecule has 0 radical (unpaired) electrons. The van der Waals surface area contributed by atoms with Crippen LogP contribution in [0.5, 0.6) is 5.75 Å². The van der Waals surface area contributed by atoms with Gasteiger partial charge in [-0.25, -0.2) is 0 Å². The van der Waals surface area contributed by atoms with E-state index in [-0.39, 0.29) is 18.1 Å². The van der Waals surface area contributed by atoms with Crippen molar-refractivity contribution in [1.82, 2.24) is 4.98 Å². The minimum absolute atomic E-state index is 0.0636. The van der Waals surface area contributed by atoms with E-state index in [2.05, 4.69) is 10.3 Å². The minimum Gasteiger partial charge on any atom is -0.469 e. The number of anilines is 2. The summed E-state index contributed by atoms with van der Waals surface area (Å²) in [6.07, 6.45) is -0.997. The van der Waals surface area contributed by atoms with Gasteiger partial charge >= 0.3 is 5.82 Å². The van der Waals surface area contributed by atoms with Crippen LogP contribution in [0.2, 0.25) is 0 Å². The van der Waals surface area contributed by atoms with E-state index in [0.717, 1.165) is 10.5 Å². The van der Waals surface area contributed by atoms with Crippen molar-refractivity contribution in [2.24, 2.45) is 0 Å². The van der Waals surface area contributed by atoms with Gasteiger partial charge in [-0.2, -0.15) is 0 Å². The highest BCUT2D eigenvalue weighted by Gasteiger charge is 2.40. The van der Waals surface area contributed by atoms with Crippen LogP contribution in [-0.2, 0) is 9.59 Å². The summed E-state index contributed by atoms with van der Waals surface area (Å²) < 4.78 is 5.81. The lowest BCUT2D eigenvalue weighted by Gasteiger charge is -2.31. The third-order valence-corrected chi connectivity index (χ3v) is 4.83. The number of carbonyl (C=O) groups excluding carboxylic acids is 2. The first-order valence-corrected chi connectivity index (χ1v) is 9.48. The van der Waals surface area contributed by atoms with E-state index in [1.54, 1.807) is 36.4 Å². The van der Waals surface area contributed by atoms with Crippen LogP contribution in [-0.4, -0.2) is 28.3 Å². The van der Waals surface area contributed by atoms with Crippen LogP contribution in [0, 0.1) is 17.0 Å². The molecule has 0 fully saturated rings. The number of hydrogen-bond donors (Lipinski definition) is 1. The number of nitrogens with zero attached hydrogens (tertiary/aromatic N) is 3. The van der Waals surface area contributed by atoms with E-state index in [9.17, 15) is 19.7 Å². The summed E-state index contributed by atoms with van der Waals surface area (Å²) in [4.78, 5) is 41.6. The van der Waals surface area contributed by atoms with Crippen LogP contribution >= 0.6 is 0 Å². The first-order valence-electron chi connectivity index (χ1n) is 9.48. The fourth-order valence-electron chi connectivity index (χ4n) is 3.27. The second-order valence-electron chi connectivity index (χ2n) is 6.94. The van der Waals surface area contributed by atoms with E-state index < -0.39 is 28.7 Å². The third-order valence-electron chi connectivity index (χ3n) is 4.83. The van der Waals surface area contributed by atoms with Gasteiger partial charge in [0.1, 0.15) is 6.54 Å². The Kier molecular flexibility index (Phi) is 5.31. The van der Waals surface area contributed by atoms with Crippen molar-refractivity contribution >= 4 is 29.1 Å². The fourth-order valence-corrected chi connectivity index (χ4v) is 3.27. The molecule has 2 amide bonds. The molecule has 3 aromatic rings. The lowest BCUT2D eigenvalue weighted by Crippen LogP contribution is -2.45. The highest BCUT2D eigenvalue weighted by atomic mass is 16.6. The van der Waals surface area contributed by atoms with Crippen molar-refractivity contribution < 1.29 is 19.2 Å².